The van der Waals surface area contributed by atoms with E-state index in [4.69, 9.17) is 4.98 Å². The van der Waals surface area contributed by atoms with Crippen molar-refractivity contribution < 1.29 is 0 Å². The molecule has 0 aliphatic heterocycles. The van der Waals surface area contributed by atoms with Gasteiger partial charge in [0.1, 0.15) is 5.82 Å². The lowest BCUT2D eigenvalue weighted by molar-refractivity contribution is 0.804. The average Bonchev–Trinajstić information content (AvgIpc) is 3.04. The quantitative estimate of drug-likeness (QED) is 0.653. The van der Waals surface area contributed by atoms with Gasteiger partial charge in [0.2, 0.25) is 0 Å². The number of nitrogens with zero attached hydrogens (tertiary/aromatic N) is 2. The molecule has 2 nitrogen and oxygen atoms in total. The van der Waals surface area contributed by atoms with E-state index in [-0.39, 0.29) is 0 Å². The molecule has 2 aromatic heterocycles. The molecule has 1 aliphatic rings. The molecule has 0 fully saturated rings. The van der Waals surface area contributed by atoms with Crippen LogP contribution in [0.5, 0.6) is 0 Å². The lowest BCUT2D eigenvalue weighted by Gasteiger charge is -2.12. The van der Waals surface area contributed by atoms with Gasteiger partial charge < -0.3 is 4.57 Å². The largest absolute Gasteiger partial charge is 0.331 e. The Kier molecular flexibility index (Phi) is 2.35. The summed E-state index contributed by atoms with van der Waals surface area (Å²) in [6.45, 7) is 0. The average molecular weight is 266 g/mol. The van der Waals surface area contributed by atoms with Gasteiger partial charge in [-0.15, -0.1) is 11.3 Å². The highest BCUT2D eigenvalue weighted by Crippen LogP contribution is 2.37. The minimum absolute atomic E-state index is 1.07. The van der Waals surface area contributed by atoms with Gasteiger partial charge in [-0.3, -0.25) is 0 Å². The van der Waals surface area contributed by atoms with Crippen LogP contribution in [0.4, 0.5) is 0 Å². The fourth-order valence-corrected chi connectivity index (χ4v) is 3.74. The maximum atomic E-state index is 4.90. The Labute approximate surface area is 116 Å². The monoisotopic (exact) mass is 266 g/mol. The summed E-state index contributed by atoms with van der Waals surface area (Å²) in [6, 6.07) is 12.6. The smallest absolute Gasteiger partial charge is 0.140 e. The summed E-state index contributed by atoms with van der Waals surface area (Å²) >= 11 is 1.85. The molecule has 1 aliphatic carbocycles. The zero-order valence-corrected chi connectivity index (χ0v) is 11.6. The van der Waals surface area contributed by atoms with E-state index in [1.807, 2.05) is 17.4 Å². The molecule has 0 unspecified atom stereocenters. The molecule has 0 saturated carbocycles. The Morgan fingerprint density at radius 1 is 1.11 bits per heavy atom. The number of fused-ring (bicyclic) bond motifs is 3. The Morgan fingerprint density at radius 2 is 1.95 bits per heavy atom. The van der Waals surface area contributed by atoms with Crippen molar-refractivity contribution in [1.29, 1.82) is 0 Å². The fraction of sp³-hybridized carbons (Fsp3) is 0.188. The Bertz CT molecular complexity index is 737. The highest BCUT2D eigenvalue weighted by atomic mass is 32.1. The maximum Gasteiger partial charge on any atom is 0.140 e. The molecule has 2 heterocycles. The second-order valence-corrected chi connectivity index (χ2v) is 5.91. The molecule has 3 aromatic rings. The van der Waals surface area contributed by atoms with E-state index < -0.39 is 0 Å². The Hall–Kier alpha value is -1.87. The molecule has 0 N–H and O–H groups in total. The van der Waals surface area contributed by atoms with E-state index in [2.05, 4.69) is 47.3 Å². The van der Waals surface area contributed by atoms with E-state index in [0.717, 1.165) is 18.7 Å². The molecule has 94 valence electrons. The topological polar surface area (TPSA) is 17.8 Å². The van der Waals surface area contributed by atoms with Gasteiger partial charge in [0.05, 0.1) is 5.69 Å². The van der Waals surface area contributed by atoms with Crippen LogP contribution in [0.1, 0.15) is 10.6 Å². The summed E-state index contributed by atoms with van der Waals surface area (Å²) in [5.74, 6) is 1.07. The van der Waals surface area contributed by atoms with Crippen LogP contribution in [-0.2, 0) is 19.9 Å². The van der Waals surface area contributed by atoms with Crippen molar-refractivity contribution in [3.05, 3.63) is 52.3 Å². The Morgan fingerprint density at radius 3 is 2.79 bits per heavy atom. The zero-order chi connectivity index (χ0) is 12.8. The van der Waals surface area contributed by atoms with Crippen LogP contribution in [0.25, 0.3) is 22.6 Å². The summed E-state index contributed by atoms with van der Waals surface area (Å²) in [4.78, 5) is 6.38. The van der Waals surface area contributed by atoms with Crippen molar-refractivity contribution in [2.24, 2.45) is 7.05 Å². The number of benzene rings is 1. The van der Waals surface area contributed by atoms with E-state index in [1.165, 1.54) is 27.4 Å². The number of hydrogen-bond donors (Lipinski definition) is 0. The van der Waals surface area contributed by atoms with Crippen LogP contribution in [0, 0.1) is 0 Å². The van der Waals surface area contributed by atoms with Gasteiger partial charge in [-0.05, 0) is 24.3 Å². The second kappa shape index (κ2) is 4.07. The number of imidazole rings is 1. The molecule has 3 heteroatoms. The number of thiophene rings is 1. The number of aryl methyl sites for hydroxylation is 1. The lowest BCUT2D eigenvalue weighted by atomic mass is 10.0. The molecule has 0 spiro atoms. The van der Waals surface area contributed by atoms with E-state index >= 15 is 0 Å². The highest BCUT2D eigenvalue weighted by molar-refractivity contribution is 7.10. The van der Waals surface area contributed by atoms with Crippen molar-refractivity contribution in [2.45, 2.75) is 12.8 Å². The first-order chi connectivity index (χ1) is 9.34. The molecule has 1 aromatic carbocycles. The predicted molar refractivity (Wildman–Crippen MR) is 79.4 cm³/mol. The zero-order valence-electron chi connectivity index (χ0n) is 10.8. The minimum atomic E-state index is 1.07. The highest BCUT2D eigenvalue weighted by Gasteiger charge is 2.23. The first-order valence-corrected chi connectivity index (χ1v) is 7.40. The van der Waals surface area contributed by atoms with Gasteiger partial charge in [-0.1, -0.05) is 30.3 Å². The minimum Gasteiger partial charge on any atom is -0.331 e. The van der Waals surface area contributed by atoms with Crippen LogP contribution < -0.4 is 0 Å². The van der Waals surface area contributed by atoms with Gasteiger partial charge in [0.25, 0.3) is 0 Å². The van der Waals surface area contributed by atoms with Gasteiger partial charge in [0, 0.05) is 28.7 Å². The summed E-state index contributed by atoms with van der Waals surface area (Å²) < 4.78 is 2.26. The molecule has 4 rings (SSSR count). The molecular weight excluding hydrogens is 252 g/mol. The number of aromatic nitrogens is 2. The van der Waals surface area contributed by atoms with Crippen molar-refractivity contribution in [2.75, 3.05) is 0 Å². The van der Waals surface area contributed by atoms with Gasteiger partial charge in [-0.25, -0.2) is 4.98 Å². The Balaban J connectivity index is 1.94. The predicted octanol–water partition coefficient (Wildman–Crippen LogP) is 3.91. The van der Waals surface area contributed by atoms with Crippen LogP contribution in [0.2, 0.25) is 0 Å². The third-order valence-electron chi connectivity index (χ3n) is 3.84. The van der Waals surface area contributed by atoms with Gasteiger partial charge in [-0.2, -0.15) is 0 Å². The van der Waals surface area contributed by atoms with Crippen LogP contribution >= 0.6 is 11.3 Å². The first-order valence-electron chi connectivity index (χ1n) is 6.52. The third kappa shape index (κ3) is 1.58. The summed E-state index contributed by atoms with van der Waals surface area (Å²) in [5.41, 5.74) is 5.08. The molecule has 0 atom stereocenters. The van der Waals surface area contributed by atoms with E-state index in [0.29, 0.717) is 0 Å². The van der Waals surface area contributed by atoms with Crippen LogP contribution in [-0.4, -0.2) is 9.55 Å². The molecule has 0 saturated heterocycles. The first kappa shape index (κ1) is 11.0. The standard InChI is InChI=1S/C16H14N2S/c1-18-13-7-8-14-12(9-10-19-14)15(13)17-16(18)11-5-3-2-4-6-11/h2-6,9-10H,7-8H2,1H3. The van der Waals surface area contributed by atoms with Crippen molar-refractivity contribution >= 4 is 11.3 Å². The van der Waals surface area contributed by atoms with Crippen LogP contribution in [0.15, 0.2) is 41.8 Å². The molecular formula is C16H14N2S. The number of hydrogen-bond acceptors (Lipinski definition) is 2. The summed E-state index contributed by atoms with van der Waals surface area (Å²) in [5, 5.41) is 2.18. The SMILES string of the molecule is Cn1c(-c2ccccc2)nc2c1CCc1sccc1-2. The van der Waals surface area contributed by atoms with Gasteiger partial charge >= 0.3 is 0 Å². The summed E-state index contributed by atoms with van der Waals surface area (Å²) in [7, 11) is 2.13. The second-order valence-electron chi connectivity index (χ2n) is 4.91. The van der Waals surface area contributed by atoms with E-state index in [9.17, 15) is 0 Å². The van der Waals surface area contributed by atoms with Crippen molar-refractivity contribution in [3.8, 4) is 22.6 Å². The van der Waals surface area contributed by atoms with Gasteiger partial charge in [0.15, 0.2) is 0 Å². The molecule has 0 amide bonds. The summed E-state index contributed by atoms with van der Waals surface area (Å²) in [6.07, 6.45) is 2.24. The fourth-order valence-electron chi connectivity index (χ4n) is 2.86. The molecule has 0 bridgehead atoms. The van der Waals surface area contributed by atoms with Crippen LogP contribution in [0.3, 0.4) is 0 Å². The third-order valence-corrected chi connectivity index (χ3v) is 4.82. The molecule has 19 heavy (non-hydrogen) atoms. The number of rotatable bonds is 1. The maximum absolute atomic E-state index is 4.90. The lowest BCUT2D eigenvalue weighted by Crippen LogP contribution is -2.05. The normalized spacial score (nSPS) is 13.1. The van der Waals surface area contributed by atoms with Crippen molar-refractivity contribution in [3.63, 3.8) is 0 Å². The van der Waals surface area contributed by atoms with Crippen molar-refractivity contribution in [1.82, 2.24) is 9.55 Å². The molecule has 0 radical (unpaired) electrons. The van der Waals surface area contributed by atoms with E-state index in [1.54, 1.807) is 0 Å².